The van der Waals surface area contributed by atoms with Gasteiger partial charge in [-0.05, 0) is 41.9 Å². The van der Waals surface area contributed by atoms with Crippen molar-refractivity contribution in [1.82, 2.24) is 0 Å². The summed E-state index contributed by atoms with van der Waals surface area (Å²) in [5.74, 6) is 0. The molecule has 0 nitrogen and oxygen atoms in total. The van der Waals surface area contributed by atoms with Crippen LogP contribution in [0, 0.1) is 5.41 Å². The number of hydrogen-bond acceptors (Lipinski definition) is 0. The average Bonchev–Trinajstić information content (AvgIpc) is 2.53. The van der Waals surface area contributed by atoms with Crippen LogP contribution in [0.4, 0.5) is 0 Å². The Labute approximate surface area is 96.3 Å². The normalized spacial score (nSPS) is 21.4. The number of alkyl halides is 1. The molecule has 1 fully saturated rings. The van der Waals surface area contributed by atoms with E-state index in [1.54, 1.807) is 0 Å². The molecule has 1 aliphatic rings. The zero-order valence-corrected chi connectivity index (χ0v) is 10.8. The van der Waals surface area contributed by atoms with E-state index in [4.69, 9.17) is 0 Å². The summed E-state index contributed by atoms with van der Waals surface area (Å²) < 4.78 is 1.31. The molecule has 1 saturated carbocycles. The molecular formula is C12H21I. The molecule has 0 amide bonds. The summed E-state index contributed by atoms with van der Waals surface area (Å²) in [7, 11) is 0. The molecule has 0 spiro atoms. The molecule has 0 aromatic heterocycles. The number of allylic oxidation sites excluding steroid dienone is 2. The van der Waals surface area contributed by atoms with E-state index in [9.17, 15) is 0 Å². The van der Waals surface area contributed by atoms with Crippen molar-refractivity contribution in [2.45, 2.75) is 51.9 Å². The van der Waals surface area contributed by atoms with Crippen molar-refractivity contribution in [1.29, 1.82) is 0 Å². The second-order valence-electron chi connectivity index (χ2n) is 4.45. The van der Waals surface area contributed by atoms with Gasteiger partial charge in [-0.1, -0.05) is 54.5 Å². The fraction of sp³-hybridized carbons (Fsp3) is 0.833. The maximum atomic E-state index is 2.48. The van der Waals surface area contributed by atoms with E-state index in [2.05, 4.69) is 41.7 Å². The first-order valence-corrected chi connectivity index (χ1v) is 7.03. The summed E-state index contributed by atoms with van der Waals surface area (Å²) in [6, 6.07) is 0. The third kappa shape index (κ3) is 4.48. The Balaban J connectivity index is 2.14. The predicted molar refractivity (Wildman–Crippen MR) is 68.5 cm³/mol. The van der Waals surface area contributed by atoms with Crippen molar-refractivity contribution in [2.24, 2.45) is 5.41 Å². The molecule has 0 bridgehead atoms. The van der Waals surface area contributed by atoms with E-state index in [0.29, 0.717) is 5.41 Å². The standard InChI is InChI=1S/C12H21I/c1-12(9-5-6-10-12)8-4-2-3-7-11-13/h4,8H,2-3,5-7,9-11H2,1H3. The van der Waals surface area contributed by atoms with Crippen molar-refractivity contribution in [3.05, 3.63) is 12.2 Å². The van der Waals surface area contributed by atoms with Crippen molar-refractivity contribution in [3.8, 4) is 0 Å². The average molecular weight is 292 g/mol. The van der Waals surface area contributed by atoms with Gasteiger partial charge in [-0.2, -0.15) is 0 Å². The maximum Gasteiger partial charge on any atom is -0.000462 e. The second kappa shape index (κ2) is 6.05. The SMILES string of the molecule is CC1(C=CCCCCI)CCCC1. The molecule has 0 atom stereocenters. The molecule has 0 radical (unpaired) electrons. The highest BCUT2D eigenvalue weighted by Gasteiger charge is 2.24. The van der Waals surface area contributed by atoms with Crippen LogP contribution in [0.3, 0.4) is 0 Å². The van der Waals surface area contributed by atoms with Crippen molar-refractivity contribution in [2.75, 3.05) is 4.43 Å². The molecule has 0 saturated heterocycles. The van der Waals surface area contributed by atoms with Gasteiger partial charge in [0.05, 0.1) is 0 Å². The van der Waals surface area contributed by atoms with Gasteiger partial charge in [-0.15, -0.1) is 0 Å². The van der Waals surface area contributed by atoms with Gasteiger partial charge < -0.3 is 0 Å². The first kappa shape index (κ1) is 11.5. The Morgan fingerprint density at radius 3 is 2.54 bits per heavy atom. The van der Waals surface area contributed by atoms with E-state index in [1.165, 1.54) is 49.4 Å². The Hall–Kier alpha value is 0.470. The first-order chi connectivity index (χ1) is 6.27. The van der Waals surface area contributed by atoms with Crippen LogP contribution in [0.15, 0.2) is 12.2 Å². The lowest BCUT2D eigenvalue weighted by Gasteiger charge is -2.17. The third-order valence-corrected chi connectivity index (χ3v) is 3.78. The largest absolute Gasteiger partial charge is 0.0880 e. The molecule has 1 aliphatic carbocycles. The monoisotopic (exact) mass is 292 g/mol. The fourth-order valence-corrected chi connectivity index (χ4v) is 2.61. The summed E-state index contributed by atoms with van der Waals surface area (Å²) in [4.78, 5) is 0. The van der Waals surface area contributed by atoms with Gasteiger partial charge in [0.15, 0.2) is 0 Å². The summed E-state index contributed by atoms with van der Waals surface area (Å²) in [6.45, 7) is 2.41. The second-order valence-corrected chi connectivity index (χ2v) is 5.53. The Bertz CT molecular complexity index is 155. The minimum atomic E-state index is 0.560. The predicted octanol–water partition coefficient (Wildman–Crippen LogP) is 4.73. The van der Waals surface area contributed by atoms with Crippen LogP contribution in [0.25, 0.3) is 0 Å². The van der Waals surface area contributed by atoms with Gasteiger partial charge in [0, 0.05) is 0 Å². The topological polar surface area (TPSA) is 0 Å². The van der Waals surface area contributed by atoms with Crippen LogP contribution in [-0.2, 0) is 0 Å². The molecule has 0 unspecified atom stereocenters. The van der Waals surface area contributed by atoms with Crippen LogP contribution >= 0.6 is 22.6 Å². The number of hydrogen-bond donors (Lipinski definition) is 0. The maximum absolute atomic E-state index is 2.48. The third-order valence-electron chi connectivity index (χ3n) is 3.02. The zero-order chi connectivity index (χ0) is 9.57. The van der Waals surface area contributed by atoms with E-state index >= 15 is 0 Å². The van der Waals surface area contributed by atoms with Gasteiger partial charge in [0.2, 0.25) is 0 Å². The molecule has 0 N–H and O–H groups in total. The molecular weight excluding hydrogens is 271 g/mol. The summed E-state index contributed by atoms with van der Waals surface area (Å²) >= 11 is 2.46. The van der Waals surface area contributed by atoms with Crippen LogP contribution in [-0.4, -0.2) is 4.43 Å². The lowest BCUT2D eigenvalue weighted by Crippen LogP contribution is -2.05. The van der Waals surface area contributed by atoms with E-state index in [0.717, 1.165) is 0 Å². The van der Waals surface area contributed by atoms with E-state index in [-0.39, 0.29) is 0 Å². The van der Waals surface area contributed by atoms with E-state index < -0.39 is 0 Å². The van der Waals surface area contributed by atoms with Crippen LogP contribution in [0.1, 0.15) is 51.9 Å². The minimum absolute atomic E-state index is 0.560. The molecule has 76 valence electrons. The molecule has 1 heteroatoms. The molecule has 0 heterocycles. The van der Waals surface area contributed by atoms with Gasteiger partial charge in [0.1, 0.15) is 0 Å². The van der Waals surface area contributed by atoms with Gasteiger partial charge in [-0.3, -0.25) is 0 Å². The van der Waals surface area contributed by atoms with Gasteiger partial charge >= 0.3 is 0 Å². The van der Waals surface area contributed by atoms with Crippen molar-refractivity contribution < 1.29 is 0 Å². The smallest absolute Gasteiger partial charge is 0.000462 e. The molecule has 0 aromatic carbocycles. The number of unbranched alkanes of at least 4 members (excludes halogenated alkanes) is 2. The summed E-state index contributed by atoms with van der Waals surface area (Å²) in [5, 5.41) is 0. The van der Waals surface area contributed by atoms with Crippen LogP contribution < -0.4 is 0 Å². The van der Waals surface area contributed by atoms with Crippen molar-refractivity contribution in [3.63, 3.8) is 0 Å². The number of rotatable bonds is 5. The molecule has 1 rings (SSSR count). The minimum Gasteiger partial charge on any atom is -0.0880 e. The molecule has 13 heavy (non-hydrogen) atoms. The Kier molecular flexibility index (Phi) is 5.37. The summed E-state index contributed by atoms with van der Waals surface area (Å²) in [5.41, 5.74) is 0.560. The van der Waals surface area contributed by atoms with Crippen LogP contribution in [0.2, 0.25) is 0 Å². The van der Waals surface area contributed by atoms with Crippen molar-refractivity contribution >= 4 is 22.6 Å². The molecule has 0 aromatic rings. The van der Waals surface area contributed by atoms with Gasteiger partial charge in [0.25, 0.3) is 0 Å². The number of halogens is 1. The molecule has 0 aliphatic heterocycles. The lowest BCUT2D eigenvalue weighted by atomic mass is 9.88. The Morgan fingerprint density at radius 1 is 1.23 bits per heavy atom. The first-order valence-electron chi connectivity index (χ1n) is 5.50. The summed E-state index contributed by atoms with van der Waals surface area (Å²) in [6.07, 6.45) is 14.6. The fourth-order valence-electron chi connectivity index (χ4n) is 2.07. The Morgan fingerprint density at radius 2 is 1.92 bits per heavy atom. The van der Waals surface area contributed by atoms with Crippen LogP contribution in [0.5, 0.6) is 0 Å². The highest BCUT2D eigenvalue weighted by molar-refractivity contribution is 14.1. The highest BCUT2D eigenvalue weighted by atomic mass is 127. The van der Waals surface area contributed by atoms with Gasteiger partial charge in [-0.25, -0.2) is 0 Å². The highest BCUT2D eigenvalue weighted by Crippen LogP contribution is 2.38. The quantitative estimate of drug-likeness (QED) is 0.297. The van der Waals surface area contributed by atoms with E-state index in [1.807, 2.05) is 0 Å². The zero-order valence-electron chi connectivity index (χ0n) is 8.69. The lowest BCUT2D eigenvalue weighted by molar-refractivity contribution is 0.444.